The van der Waals surface area contributed by atoms with Crippen molar-refractivity contribution in [3.05, 3.63) is 52.3 Å². The summed E-state index contributed by atoms with van der Waals surface area (Å²) in [6.45, 7) is 2.77. The Labute approximate surface area is 126 Å². The zero-order valence-corrected chi connectivity index (χ0v) is 12.8. The van der Waals surface area contributed by atoms with Crippen LogP contribution in [0.25, 0.3) is 6.08 Å². The largest absolute Gasteiger partial charge is 0.399 e. The third-order valence-corrected chi connectivity index (χ3v) is 3.41. The number of nitrogen functional groups attached to an aromatic ring is 1. The fourth-order valence-corrected chi connectivity index (χ4v) is 2.34. The van der Waals surface area contributed by atoms with Gasteiger partial charge >= 0.3 is 0 Å². The van der Waals surface area contributed by atoms with E-state index in [1.807, 2.05) is 19.1 Å². The number of hydrogen-bond donors (Lipinski definition) is 1. The fraction of sp³-hybridized carbons (Fsp3) is 0.200. The molecule has 1 aromatic heterocycles. The monoisotopic (exact) mass is 333 g/mol. The summed E-state index contributed by atoms with van der Waals surface area (Å²) in [5.41, 5.74) is 7.85. The van der Waals surface area contributed by atoms with Crippen LogP contribution in [0.3, 0.4) is 0 Å². The maximum atomic E-state index is 12.3. The van der Waals surface area contributed by atoms with Crippen molar-refractivity contribution in [2.45, 2.75) is 19.9 Å². The molecular formula is C15H16BrN3O. The molecule has 0 fully saturated rings. The van der Waals surface area contributed by atoms with Gasteiger partial charge in [0.2, 0.25) is 5.78 Å². The summed E-state index contributed by atoms with van der Waals surface area (Å²) in [5, 5.41) is 4.19. The Kier molecular flexibility index (Phi) is 4.74. The average Bonchev–Trinajstić information content (AvgIpc) is 2.79. The lowest BCUT2D eigenvalue weighted by atomic mass is 10.1. The predicted molar refractivity (Wildman–Crippen MR) is 84.4 cm³/mol. The van der Waals surface area contributed by atoms with E-state index in [0.29, 0.717) is 11.4 Å². The summed E-state index contributed by atoms with van der Waals surface area (Å²) in [5.74, 6) is -0.0698. The summed E-state index contributed by atoms with van der Waals surface area (Å²) >= 11 is 3.37. The van der Waals surface area contributed by atoms with E-state index < -0.39 is 0 Å². The first-order valence-corrected chi connectivity index (χ1v) is 7.20. The molecule has 20 heavy (non-hydrogen) atoms. The van der Waals surface area contributed by atoms with Crippen LogP contribution in [0.15, 0.2) is 41.0 Å². The Balaban J connectivity index is 2.19. The minimum atomic E-state index is -0.0698. The molecule has 1 aromatic carbocycles. The van der Waals surface area contributed by atoms with Gasteiger partial charge in [-0.05, 0) is 46.1 Å². The molecule has 0 saturated heterocycles. The van der Waals surface area contributed by atoms with Crippen LogP contribution in [-0.4, -0.2) is 15.6 Å². The smallest absolute Gasteiger partial charge is 0.205 e. The molecule has 0 amide bonds. The number of carbonyl (C=O) groups is 1. The Morgan fingerprint density at radius 1 is 1.40 bits per heavy atom. The van der Waals surface area contributed by atoms with Crippen molar-refractivity contribution in [3.63, 3.8) is 0 Å². The highest BCUT2D eigenvalue weighted by Gasteiger charge is 2.14. The van der Waals surface area contributed by atoms with Crippen molar-refractivity contribution in [1.29, 1.82) is 0 Å². The first kappa shape index (κ1) is 14.5. The van der Waals surface area contributed by atoms with Gasteiger partial charge in [0.1, 0.15) is 5.69 Å². The number of allylic oxidation sites excluding steroid dienone is 1. The van der Waals surface area contributed by atoms with Crippen LogP contribution < -0.4 is 5.73 Å². The zero-order valence-electron chi connectivity index (χ0n) is 11.2. The lowest BCUT2D eigenvalue weighted by Gasteiger charge is -2.03. The summed E-state index contributed by atoms with van der Waals surface area (Å²) in [6, 6.07) is 7.36. The molecular weight excluding hydrogens is 318 g/mol. The van der Waals surface area contributed by atoms with Crippen molar-refractivity contribution < 1.29 is 4.79 Å². The molecule has 0 unspecified atom stereocenters. The second kappa shape index (κ2) is 6.52. The number of halogens is 1. The first-order valence-electron chi connectivity index (χ1n) is 6.41. The summed E-state index contributed by atoms with van der Waals surface area (Å²) in [4.78, 5) is 12.3. The normalized spacial score (nSPS) is 11.1. The minimum Gasteiger partial charge on any atom is -0.399 e. The minimum absolute atomic E-state index is 0.0698. The number of aryl methyl sites for hydroxylation is 1. The molecule has 0 bridgehead atoms. The summed E-state index contributed by atoms with van der Waals surface area (Å²) in [6.07, 6.45) is 5.91. The molecule has 2 rings (SSSR count). The van der Waals surface area contributed by atoms with Gasteiger partial charge in [0.25, 0.3) is 0 Å². The molecule has 0 aliphatic rings. The topological polar surface area (TPSA) is 60.9 Å². The van der Waals surface area contributed by atoms with E-state index in [4.69, 9.17) is 5.73 Å². The number of ketones is 1. The third kappa shape index (κ3) is 3.36. The molecule has 4 nitrogen and oxygen atoms in total. The third-order valence-electron chi connectivity index (χ3n) is 2.83. The highest BCUT2D eigenvalue weighted by molar-refractivity contribution is 9.10. The van der Waals surface area contributed by atoms with E-state index in [2.05, 4.69) is 21.0 Å². The SMILES string of the molecule is CCCn1ncc(Br)c1C(=O)/C=C/c1ccc(N)cc1. The van der Waals surface area contributed by atoms with E-state index in [0.717, 1.165) is 23.0 Å². The van der Waals surface area contributed by atoms with Gasteiger partial charge < -0.3 is 5.73 Å². The standard InChI is InChI=1S/C15H16BrN3O/c1-2-9-19-15(13(16)10-18-19)14(20)8-5-11-3-6-12(17)7-4-11/h3-8,10H,2,9,17H2,1H3/b8-5+. The lowest BCUT2D eigenvalue weighted by molar-refractivity contribution is 0.103. The van der Waals surface area contributed by atoms with Crippen LogP contribution in [0.4, 0.5) is 5.69 Å². The second-order valence-corrected chi connectivity index (χ2v) is 5.28. The Bertz CT molecular complexity index is 629. The molecule has 0 radical (unpaired) electrons. The van der Waals surface area contributed by atoms with Crippen LogP contribution in [0.1, 0.15) is 29.4 Å². The number of anilines is 1. The van der Waals surface area contributed by atoms with Crippen molar-refractivity contribution in [2.24, 2.45) is 0 Å². The molecule has 0 aliphatic heterocycles. The van der Waals surface area contributed by atoms with Crippen molar-refractivity contribution in [3.8, 4) is 0 Å². The Morgan fingerprint density at radius 3 is 2.75 bits per heavy atom. The Hall–Kier alpha value is -1.88. The summed E-state index contributed by atoms with van der Waals surface area (Å²) < 4.78 is 2.44. The second-order valence-electron chi connectivity index (χ2n) is 4.43. The average molecular weight is 334 g/mol. The number of hydrogen-bond acceptors (Lipinski definition) is 3. The molecule has 104 valence electrons. The van der Waals surface area contributed by atoms with E-state index in [-0.39, 0.29) is 5.78 Å². The first-order chi connectivity index (χ1) is 9.61. The van der Waals surface area contributed by atoms with Gasteiger partial charge in [-0.25, -0.2) is 0 Å². The van der Waals surface area contributed by atoms with Gasteiger partial charge in [0.15, 0.2) is 0 Å². The van der Waals surface area contributed by atoms with Crippen molar-refractivity contribution in [1.82, 2.24) is 9.78 Å². The molecule has 2 aromatic rings. The highest BCUT2D eigenvalue weighted by Crippen LogP contribution is 2.18. The molecule has 0 spiro atoms. The van der Waals surface area contributed by atoms with Crippen LogP contribution in [0.2, 0.25) is 0 Å². The van der Waals surface area contributed by atoms with E-state index in [1.165, 1.54) is 0 Å². The summed E-state index contributed by atoms with van der Waals surface area (Å²) in [7, 11) is 0. The molecule has 0 aliphatic carbocycles. The molecule has 0 atom stereocenters. The maximum Gasteiger partial charge on any atom is 0.205 e. The lowest BCUT2D eigenvalue weighted by Crippen LogP contribution is -2.09. The van der Waals surface area contributed by atoms with Gasteiger partial charge in [0.05, 0.1) is 10.7 Å². The number of nitrogens with zero attached hydrogens (tertiary/aromatic N) is 2. The maximum absolute atomic E-state index is 12.3. The van der Waals surface area contributed by atoms with Crippen molar-refractivity contribution >= 4 is 33.5 Å². The molecule has 0 saturated carbocycles. The fourth-order valence-electron chi connectivity index (χ4n) is 1.85. The van der Waals surface area contributed by atoms with Gasteiger partial charge in [-0.2, -0.15) is 5.10 Å². The van der Waals surface area contributed by atoms with Gasteiger partial charge in [0, 0.05) is 12.2 Å². The van der Waals surface area contributed by atoms with Gasteiger partial charge in [-0.15, -0.1) is 0 Å². The highest BCUT2D eigenvalue weighted by atomic mass is 79.9. The molecule has 2 N–H and O–H groups in total. The molecule has 5 heteroatoms. The van der Waals surface area contributed by atoms with E-state index in [9.17, 15) is 4.79 Å². The van der Waals surface area contributed by atoms with E-state index >= 15 is 0 Å². The Morgan fingerprint density at radius 2 is 2.10 bits per heavy atom. The van der Waals surface area contributed by atoms with Crippen LogP contribution in [0.5, 0.6) is 0 Å². The van der Waals surface area contributed by atoms with Crippen LogP contribution in [-0.2, 0) is 6.54 Å². The molecule has 1 heterocycles. The van der Waals surface area contributed by atoms with Crippen molar-refractivity contribution in [2.75, 3.05) is 5.73 Å². The number of aromatic nitrogens is 2. The number of nitrogens with two attached hydrogens (primary N) is 1. The number of rotatable bonds is 5. The number of benzene rings is 1. The quantitative estimate of drug-likeness (QED) is 0.517. The van der Waals surface area contributed by atoms with Crippen LogP contribution in [0, 0.1) is 0 Å². The van der Waals surface area contributed by atoms with Crippen LogP contribution >= 0.6 is 15.9 Å². The van der Waals surface area contributed by atoms with Gasteiger partial charge in [-0.3, -0.25) is 9.48 Å². The van der Waals surface area contributed by atoms with E-state index in [1.54, 1.807) is 35.2 Å². The zero-order chi connectivity index (χ0) is 14.5. The number of carbonyl (C=O) groups excluding carboxylic acids is 1. The predicted octanol–water partition coefficient (Wildman–Crippen LogP) is 3.53. The van der Waals surface area contributed by atoms with Gasteiger partial charge in [-0.1, -0.05) is 25.1 Å².